The van der Waals surface area contributed by atoms with E-state index in [-0.39, 0.29) is 84.9 Å². The van der Waals surface area contributed by atoms with Gasteiger partial charge in [-0.15, -0.1) is 17.0 Å². The van der Waals surface area contributed by atoms with E-state index < -0.39 is 0 Å². The van der Waals surface area contributed by atoms with E-state index in [0.29, 0.717) is 0 Å². The van der Waals surface area contributed by atoms with Crippen molar-refractivity contribution >= 4 is 17.0 Å². The number of hydrogen-bond donors (Lipinski definition) is 0. The van der Waals surface area contributed by atoms with Gasteiger partial charge in [0.1, 0.15) is 0 Å². The van der Waals surface area contributed by atoms with Crippen molar-refractivity contribution in [2.75, 3.05) is 109 Å². The van der Waals surface area contributed by atoms with Crippen molar-refractivity contribution in [2.45, 2.75) is 569 Å². The lowest BCUT2D eigenvalue weighted by atomic mass is 10.0. The Hall–Kier alpha value is 2.24. The van der Waals surface area contributed by atoms with Crippen LogP contribution in [-0.4, -0.2) is 127 Å². The first-order valence-corrected chi connectivity index (χ1v) is 51.8. The summed E-state index contributed by atoms with van der Waals surface area (Å²) in [6.07, 6.45) is 117. The summed E-state index contributed by atoms with van der Waals surface area (Å²) in [6.45, 7) is 29.1. The van der Waals surface area contributed by atoms with Crippen LogP contribution < -0.4 is 67.9 Å². The molecule has 113 heavy (non-hydrogen) atoms. The largest absolute Gasteiger partial charge is 1.00 e. The minimum Gasteiger partial charge on any atom is -1.00 e. The van der Waals surface area contributed by atoms with E-state index in [1.54, 1.807) is 0 Å². The molecule has 0 aliphatic rings. The summed E-state index contributed by atoms with van der Waals surface area (Å²) in [5, 5.41) is 0. The summed E-state index contributed by atoms with van der Waals surface area (Å²) in [4.78, 5) is 0. The van der Waals surface area contributed by atoms with Crippen LogP contribution in [-0.2, 0) is 0 Å². The summed E-state index contributed by atoms with van der Waals surface area (Å²) in [6, 6.07) is 0. The van der Waals surface area contributed by atoms with Crippen molar-refractivity contribution in [1.82, 2.24) is 0 Å². The van der Waals surface area contributed by atoms with E-state index >= 15 is 0 Å². The van der Waals surface area contributed by atoms with Gasteiger partial charge in [0.2, 0.25) is 0 Å². The van der Waals surface area contributed by atoms with Crippen molar-refractivity contribution in [3.05, 3.63) is 0 Å². The van der Waals surface area contributed by atoms with Crippen LogP contribution in [0.5, 0.6) is 0 Å². The molecule has 0 N–H and O–H groups in total. The summed E-state index contributed by atoms with van der Waals surface area (Å²) < 4.78 is 4.83. The van der Waals surface area contributed by atoms with Gasteiger partial charge in [0, 0.05) is 0 Å². The minimum absolute atomic E-state index is 0. The average molecular weight is 1930 g/mol. The lowest BCUT2D eigenvalue weighted by molar-refractivity contribution is -0.906. The van der Waals surface area contributed by atoms with Gasteiger partial charge in [0.05, 0.1) is 109 Å². The summed E-state index contributed by atoms with van der Waals surface area (Å²) in [5.74, 6) is 0. The standard InChI is InChI=1S/C38H80N.C23H50N.C22H48N.C21H46N.5BrH/c1-5-7-9-11-13-15-17-19-21-23-25-27-29-31-33-35-37-39(3,4)38-36-34-32-30-28-26-24-22-20-18-16-14-12-10-8-6-2;1-5-8-9-10-11-12-13-14-15-16-17-18-19-20-21-22-23-24(4,6-2)7-3;1-5-7-8-9-10-11-12-13-14-15-16-17-18-19-20-21-22-23(3,4)6-2;1-5-6-7-8-9-10-11-12-13-14-15-16-17-18-19-20-21-22(2,3)4;;;;;/h5-38H2,1-4H3;5-23H2,1-4H3;5-22H2,1-4H3;5-21H2,1-4H3;5*1H/q4*+1;;;;;/p-4. The molecular formula is C104H225Br5N4. The van der Waals surface area contributed by atoms with E-state index in [4.69, 9.17) is 0 Å². The van der Waals surface area contributed by atoms with E-state index in [1.807, 2.05) is 0 Å². The number of hydrogen-bond acceptors (Lipinski definition) is 0. The second-order valence-corrected chi connectivity index (χ2v) is 38.9. The molecule has 4 nitrogen and oxygen atoms in total. The summed E-state index contributed by atoms with van der Waals surface area (Å²) in [5.41, 5.74) is 0. The highest BCUT2D eigenvalue weighted by molar-refractivity contribution is 8.93. The van der Waals surface area contributed by atoms with Crippen molar-refractivity contribution in [3.8, 4) is 0 Å². The van der Waals surface area contributed by atoms with E-state index in [1.165, 1.54) is 579 Å². The molecule has 0 aromatic heterocycles. The molecule has 0 aliphatic heterocycles. The first-order valence-electron chi connectivity index (χ1n) is 51.8. The fourth-order valence-corrected chi connectivity index (χ4v) is 16.2. The normalized spacial score (nSPS) is 11.5. The maximum atomic E-state index is 2.47. The Morgan fingerprint density at radius 1 is 0.124 bits per heavy atom. The Bertz CT molecular complexity index is 1520. The van der Waals surface area contributed by atoms with Crippen LogP contribution in [0, 0.1) is 0 Å². The lowest BCUT2D eigenvalue weighted by Crippen LogP contribution is -3.00. The van der Waals surface area contributed by atoms with Crippen molar-refractivity contribution in [2.24, 2.45) is 0 Å². The number of nitrogens with zero attached hydrogens (tertiary/aromatic N) is 4. The quantitative estimate of drug-likeness (QED) is 0.0421. The fourth-order valence-electron chi connectivity index (χ4n) is 16.2. The maximum absolute atomic E-state index is 2.47. The van der Waals surface area contributed by atoms with Gasteiger partial charge in [-0.3, -0.25) is 0 Å². The molecule has 0 aromatic rings. The third-order valence-electron chi connectivity index (χ3n) is 25.5. The number of unbranched alkanes of at least 4 members (excludes halogenated alkanes) is 75. The van der Waals surface area contributed by atoms with Crippen LogP contribution in [0.4, 0.5) is 0 Å². The molecule has 0 radical (unpaired) electrons. The van der Waals surface area contributed by atoms with Gasteiger partial charge in [-0.25, -0.2) is 0 Å². The Balaban J connectivity index is -0.000000185. The molecule has 0 heterocycles. The van der Waals surface area contributed by atoms with Gasteiger partial charge in [0.15, 0.2) is 0 Å². The van der Waals surface area contributed by atoms with Crippen molar-refractivity contribution in [1.29, 1.82) is 0 Å². The Morgan fingerprint density at radius 2 is 0.239 bits per heavy atom. The predicted octanol–water partition coefficient (Wildman–Crippen LogP) is 24.2. The molecule has 0 unspecified atom stereocenters. The molecule has 0 bridgehead atoms. The maximum Gasteiger partial charge on any atom is 0.0784 e. The highest BCUT2D eigenvalue weighted by Crippen LogP contribution is 2.22. The molecule has 0 saturated heterocycles. The number of quaternary nitrogens is 4. The molecule has 0 rings (SSSR count). The van der Waals surface area contributed by atoms with E-state index in [2.05, 4.69) is 112 Å². The molecule has 696 valence electrons. The van der Waals surface area contributed by atoms with Crippen LogP contribution >= 0.6 is 17.0 Å². The lowest BCUT2D eigenvalue weighted by Gasteiger charge is -2.32. The molecule has 9 heteroatoms. The van der Waals surface area contributed by atoms with E-state index in [0.717, 1.165) is 4.48 Å². The topological polar surface area (TPSA) is 0 Å². The first-order chi connectivity index (χ1) is 52.5. The van der Waals surface area contributed by atoms with Gasteiger partial charge in [-0.2, -0.15) is 0 Å². The molecule has 0 amide bonds. The molecule has 0 saturated carbocycles. The Labute approximate surface area is 774 Å². The van der Waals surface area contributed by atoms with Crippen LogP contribution in [0.15, 0.2) is 0 Å². The number of halogens is 5. The van der Waals surface area contributed by atoms with Crippen molar-refractivity contribution in [3.63, 3.8) is 0 Å². The molecule has 0 atom stereocenters. The van der Waals surface area contributed by atoms with Crippen LogP contribution in [0.1, 0.15) is 569 Å². The third-order valence-corrected chi connectivity index (χ3v) is 25.5. The average Bonchev–Trinajstić information content (AvgIpc) is 0.943. The van der Waals surface area contributed by atoms with Gasteiger partial charge in [-0.05, 0) is 85.0 Å². The zero-order valence-electron chi connectivity index (χ0n) is 81.9. The minimum atomic E-state index is 0. The predicted molar refractivity (Wildman–Crippen MR) is 512 cm³/mol. The van der Waals surface area contributed by atoms with Crippen LogP contribution in [0.3, 0.4) is 0 Å². The van der Waals surface area contributed by atoms with Gasteiger partial charge >= 0.3 is 0 Å². The number of rotatable bonds is 88. The smallest absolute Gasteiger partial charge is 0.0784 e. The van der Waals surface area contributed by atoms with E-state index in [9.17, 15) is 0 Å². The highest BCUT2D eigenvalue weighted by Gasteiger charge is 2.16. The van der Waals surface area contributed by atoms with Crippen molar-refractivity contribution < 1.29 is 85.9 Å². The highest BCUT2D eigenvalue weighted by atomic mass is 79.9. The Kier molecular flexibility index (Phi) is 132. The van der Waals surface area contributed by atoms with Crippen LogP contribution in [0.25, 0.3) is 0 Å². The second-order valence-electron chi connectivity index (χ2n) is 38.9. The third kappa shape index (κ3) is 128. The summed E-state index contributed by atoms with van der Waals surface area (Å²) >= 11 is 0. The van der Waals surface area contributed by atoms with Gasteiger partial charge in [0.25, 0.3) is 0 Å². The monoisotopic (exact) mass is 1930 g/mol. The zero-order chi connectivity index (χ0) is 80.2. The Morgan fingerprint density at radius 3 is 0.363 bits per heavy atom. The van der Waals surface area contributed by atoms with Gasteiger partial charge < -0.3 is 85.9 Å². The van der Waals surface area contributed by atoms with Crippen LogP contribution in [0.2, 0.25) is 0 Å². The zero-order valence-corrected chi connectivity index (χ0v) is 90.0. The molecule has 0 aromatic carbocycles. The molecule has 0 aliphatic carbocycles. The molecular weight excluding hydrogens is 1700 g/mol. The fraction of sp³-hybridized carbons (Fsp3) is 1.00. The first kappa shape index (κ1) is 133. The summed E-state index contributed by atoms with van der Waals surface area (Å²) in [7, 11) is 18.9. The van der Waals surface area contributed by atoms with Gasteiger partial charge in [-0.1, -0.05) is 484 Å². The second kappa shape index (κ2) is 112. The molecule has 0 spiro atoms. The SMILES string of the molecule is Br.CCCCCCCCCCCCCCCCCC[N+](C)(C)C.CCCCCCCCCCCCCCCCCC[N+](C)(C)CC.CCCCCCCCCCCCCCCCCC[N+](C)(C)CCCCCCCCCCCCCCCCCC.CCCCCCCCCCCCCCCCCC[N+](C)(CC)CC.[Br-].[Br-].[Br-].[Br-]. The molecule has 0 fully saturated rings.